The summed E-state index contributed by atoms with van der Waals surface area (Å²) >= 11 is 0. The highest BCUT2D eigenvalue weighted by Crippen LogP contribution is 2.13. The van der Waals surface area contributed by atoms with Crippen LogP contribution >= 0.6 is 0 Å². The molecule has 0 fully saturated rings. The highest BCUT2D eigenvalue weighted by Gasteiger charge is 2.04. The summed E-state index contributed by atoms with van der Waals surface area (Å²) in [5.74, 6) is -0.0177. The van der Waals surface area contributed by atoms with Crippen LogP contribution in [-0.4, -0.2) is 16.2 Å². The van der Waals surface area contributed by atoms with Gasteiger partial charge in [-0.05, 0) is 5.56 Å². The fourth-order valence-electron chi connectivity index (χ4n) is 1.37. The maximum Gasteiger partial charge on any atom is 0.412 e. The SMILES string of the molecule is O=C(Nc1cncc(O)c1)OCc1ccccc1. The minimum atomic E-state index is -0.591. The van der Waals surface area contributed by atoms with Crippen molar-refractivity contribution in [3.8, 4) is 5.75 Å². The number of aromatic nitrogens is 1. The number of carbonyl (C=O) groups excluding carboxylic acids is 1. The summed E-state index contributed by atoms with van der Waals surface area (Å²) in [7, 11) is 0. The van der Waals surface area contributed by atoms with Crippen molar-refractivity contribution in [2.45, 2.75) is 6.61 Å². The number of amides is 1. The molecule has 0 aliphatic heterocycles. The maximum absolute atomic E-state index is 11.5. The van der Waals surface area contributed by atoms with Gasteiger partial charge in [0.25, 0.3) is 0 Å². The van der Waals surface area contributed by atoms with Crippen molar-refractivity contribution >= 4 is 11.8 Å². The number of anilines is 1. The number of ether oxygens (including phenoxy) is 1. The molecule has 5 heteroatoms. The Kier molecular flexibility index (Phi) is 3.76. The van der Waals surface area contributed by atoms with E-state index in [0.717, 1.165) is 5.56 Å². The number of rotatable bonds is 3. The predicted molar refractivity (Wildman–Crippen MR) is 66.2 cm³/mol. The van der Waals surface area contributed by atoms with E-state index in [9.17, 15) is 9.90 Å². The first-order chi connectivity index (χ1) is 8.74. The molecule has 0 aliphatic carbocycles. The number of benzene rings is 1. The van der Waals surface area contributed by atoms with E-state index >= 15 is 0 Å². The molecule has 0 radical (unpaired) electrons. The average molecular weight is 244 g/mol. The first-order valence-electron chi connectivity index (χ1n) is 5.36. The van der Waals surface area contributed by atoms with Gasteiger partial charge in [-0.1, -0.05) is 30.3 Å². The molecular weight excluding hydrogens is 232 g/mol. The van der Waals surface area contributed by atoms with Crippen LogP contribution in [0.25, 0.3) is 0 Å². The fraction of sp³-hybridized carbons (Fsp3) is 0.0769. The molecule has 1 amide bonds. The van der Waals surface area contributed by atoms with Gasteiger partial charge in [-0.2, -0.15) is 0 Å². The standard InChI is InChI=1S/C13H12N2O3/c16-12-6-11(7-14-8-12)15-13(17)18-9-10-4-2-1-3-5-10/h1-8,16H,9H2,(H,15,17). The van der Waals surface area contributed by atoms with Gasteiger partial charge < -0.3 is 9.84 Å². The van der Waals surface area contributed by atoms with E-state index < -0.39 is 6.09 Å². The number of hydrogen-bond acceptors (Lipinski definition) is 4. The number of aromatic hydroxyl groups is 1. The van der Waals surface area contributed by atoms with Crippen LogP contribution in [0.5, 0.6) is 5.75 Å². The smallest absolute Gasteiger partial charge is 0.412 e. The molecule has 2 rings (SSSR count). The summed E-state index contributed by atoms with van der Waals surface area (Å²) in [4.78, 5) is 15.2. The van der Waals surface area contributed by atoms with Gasteiger partial charge in [0.2, 0.25) is 0 Å². The molecular formula is C13H12N2O3. The van der Waals surface area contributed by atoms with Crippen LogP contribution in [0.4, 0.5) is 10.5 Å². The lowest BCUT2D eigenvalue weighted by Crippen LogP contribution is -2.13. The van der Waals surface area contributed by atoms with Gasteiger partial charge in [0.1, 0.15) is 12.4 Å². The third kappa shape index (κ3) is 3.48. The number of hydrogen-bond donors (Lipinski definition) is 2. The molecule has 0 saturated carbocycles. The number of pyridine rings is 1. The molecule has 0 atom stereocenters. The second-order valence-electron chi connectivity index (χ2n) is 3.62. The van der Waals surface area contributed by atoms with Crippen LogP contribution < -0.4 is 5.32 Å². The molecule has 1 aromatic carbocycles. The van der Waals surface area contributed by atoms with E-state index in [1.54, 1.807) is 0 Å². The zero-order valence-corrected chi connectivity index (χ0v) is 9.54. The van der Waals surface area contributed by atoms with Crippen molar-refractivity contribution < 1.29 is 14.6 Å². The molecule has 0 aliphatic rings. The molecule has 0 saturated heterocycles. The fourth-order valence-corrected chi connectivity index (χ4v) is 1.37. The predicted octanol–water partition coefficient (Wildman–Crippen LogP) is 2.54. The van der Waals surface area contributed by atoms with Gasteiger partial charge in [-0.15, -0.1) is 0 Å². The summed E-state index contributed by atoms with van der Waals surface area (Å²) in [6.45, 7) is 0.193. The molecule has 5 nitrogen and oxygen atoms in total. The third-order valence-electron chi connectivity index (χ3n) is 2.18. The number of carbonyl (C=O) groups is 1. The topological polar surface area (TPSA) is 71.5 Å². The van der Waals surface area contributed by atoms with Crippen molar-refractivity contribution in [3.05, 3.63) is 54.4 Å². The van der Waals surface area contributed by atoms with Crippen LogP contribution in [0.3, 0.4) is 0 Å². The maximum atomic E-state index is 11.5. The van der Waals surface area contributed by atoms with Crippen molar-refractivity contribution in [2.24, 2.45) is 0 Å². The summed E-state index contributed by atoms with van der Waals surface area (Å²) < 4.78 is 5.01. The molecule has 92 valence electrons. The molecule has 2 aromatic rings. The zero-order chi connectivity index (χ0) is 12.8. The van der Waals surface area contributed by atoms with Crippen molar-refractivity contribution in [3.63, 3.8) is 0 Å². The normalized spacial score (nSPS) is 9.78. The highest BCUT2D eigenvalue weighted by molar-refractivity contribution is 5.84. The summed E-state index contributed by atoms with van der Waals surface area (Å²) in [6, 6.07) is 10.7. The van der Waals surface area contributed by atoms with E-state index in [4.69, 9.17) is 4.74 Å². The van der Waals surface area contributed by atoms with Crippen LogP contribution in [-0.2, 0) is 11.3 Å². The van der Waals surface area contributed by atoms with Gasteiger partial charge >= 0.3 is 6.09 Å². The molecule has 0 bridgehead atoms. The molecule has 1 aromatic heterocycles. The van der Waals surface area contributed by atoms with Gasteiger partial charge in [-0.25, -0.2) is 4.79 Å². The van der Waals surface area contributed by atoms with Crippen LogP contribution in [0.15, 0.2) is 48.8 Å². The average Bonchev–Trinajstić information content (AvgIpc) is 2.38. The van der Waals surface area contributed by atoms with Gasteiger partial charge in [-0.3, -0.25) is 10.3 Å². The number of nitrogens with one attached hydrogen (secondary N) is 1. The molecule has 0 spiro atoms. The minimum Gasteiger partial charge on any atom is -0.506 e. The van der Waals surface area contributed by atoms with Gasteiger partial charge in [0, 0.05) is 6.07 Å². The van der Waals surface area contributed by atoms with E-state index in [-0.39, 0.29) is 12.4 Å². The lowest BCUT2D eigenvalue weighted by Gasteiger charge is -2.06. The van der Waals surface area contributed by atoms with Crippen molar-refractivity contribution in [1.82, 2.24) is 4.98 Å². The van der Waals surface area contributed by atoms with Gasteiger partial charge in [0.05, 0.1) is 18.1 Å². The molecule has 18 heavy (non-hydrogen) atoms. The molecule has 0 unspecified atom stereocenters. The largest absolute Gasteiger partial charge is 0.506 e. The Morgan fingerprint density at radius 2 is 2.06 bits per heavy atom. The minimum absolute atomic E-state index is 0.0177. The first-order valence-corrected chi connectivity index (χ1v) is 5.36. The van der Waals surface area contributed by atoms with Crippen molar-refractivity contribution in [1.29, 1.82) is 0 Å². The van der Waals surface area contributed by atoms with Crippen molar-refractivity contribution in [2.75, 3.05) is 5.32 Å². The lowest BCUT2D eigenvalue weighted by atomic mass is 10.2. The van der Waals surface area contributed by atoms with Crippen LogP contribution in [0.1, 0.15) is 5.56 Å². The Morgan fingerprint density at radius 1 is 1.28 bits per heavy atom. The number of nitrogens with zero attached hydrogens (tertiary/aromatic N) is 1. The van der Waals surface area contributed by atoms with Crippen LogP contribution in [0.2, 0.25) is 0 Å². The van der Waals surface area contributed by atoms with Crippen LogP contribution in [0, 0.1) is 0 Å². The Morgan fingerprint density at radius 3 is 2.78 bits per heavy atom. The summed E-state index contributed by atoms with van der Waals surface area (Å²) in [6.07, 6.45) is 2.11. The lowest BCUT2D eigenvalue weighted by molar-refractivity contribution is 0.155. The second kappa shape index (κ2) is 5.67. The monoisotopic (exact) mass is 244 g/mol. The molecule has 2 N–H and O–H groups in total. The molecule has 1 heterocycles. The Hall–Kier alpha value is -2.56. The quantitative estimate of drug-likeness (QED) is 0.870. The van der Waals surface area contributed by atoms with E-state index in [1.807, 2.05) is 30.3 Å². The Bertz CT molecular complexity index is 529. The Labute approximate surface area is 104 Å². The second-order valence-corrected chi connectivity index (χ2v) is 3.62. The highest BCUT2D eigenvalue weighted by atomic mass is 16.5. The van der Waals surface area contributed by atoms with Gasteiger partial charge in [0.15, 0.2) is 0 Å². The Balaban J connectivity index is 1.86. The van der Waals surface area contributed by atoms with E-state index in [1.165, 1.54) is 18.5 Å². The van der Waals surface area contributed by atoms with E-state index in [2.05, 4.69) is 10.3 Å². The summed E-state index contributed by atoms with van der Waals surface area (Å²) in [5.41, 5.74) is 1.29. The first kappa shape index (κ1) is 11.9. The third-order valence-corrected chi connectivity index (χ3v) is 2.18. The van der Waals surface area contributed by atoms with E-state index in [0.29, 0.717) is 5.69 Å². The summed E-state index contributed by atoms with van der Waals surface area (Å²) in [5, 5.41) is 11.6. The zero-order valence-electron chi connectivity index (χ0n) is 9.54.